The molecule has 0 aliphatic carbocycles. The summed E-state index contributed by atoms with van der Waals surface area (Å²) in [5.41, 5.74) is 0. The Balaban J connectivity index is 6.19. The van der Waals surface area contributed by atoms with Gasteiger partial charge in [0, 0.05) is 12.6 Å². The van der Waals surface area contributed by atoms with E-state index in [1.807, 2.05) is 0 Å². The van der Waals surface area contributed by atoms with Crippen LogP contribution in [0.15, 0.2) is 12.7 Å². The minimum Gasteiger partial charge on any atom is -0.461 e. The lowest BCUT2D eigenvalue weighted by molar-refractivity contribution is -0.460. The second-order valence-electron chi connectivity index (χ2n) is 5.70. The zero-order valence-electron chi connectivity index (χ0n) is 14.6. The van der Waals surface area contributed by atoms with E-state index in [1.165, 1.54) is 0 Å². The number of alkyl halides is 15. The Morgan fingerprint density at radius 3 is 1.45 bits per heavy atom. The molecule has 0 aliphatic rings. The maximum absolute atomic E-state index is 13.7. The van der Waals surface area contributed by atoms with Crippen LogP contribution in [0.5, 0.6) is 0 Å². The van der Waals surface area contributed by atoms with Crippen molar-refractivity contribution in [1.29, 1.82) is 0 Å². The highest BCUT2D eigenvalue weighted by molar-refractivity contribution is 5.81. The predicted octanol–water partition coefficient (Wildman–Crippen LogP) is 4.98. The van der Waals surface area contributed by atoms with Gasteiger partial charge in [0.1, 0.15) is 6.61 Å². The second kappa shape index (κ2) is 8.23. The Hall–Kier alpha value is -1.88. The van der Waals surface area contributed by atoms with Crippen molar-refractivity contribution in [3.63, 3.8) is 0 Å². The first-order valence-corrected chi connectivity index (χ1v) is 7.22. The first-order valence-electron chi connectivity index (χ1n) is 7.22. The molecule has 0 fully saturated rings. The lowest BCUT2D eigenvalue weighted by Gasteiger charge is -2.43. The minimum atomic E-state index is -8.35. The van der Waals surface area contributed by atoms with Gasteiger partial charge >= 0.3 is 47.8 Å². The summed E-state index contributed by atoms with van der Waals surface area (Å²) in [7, 11) is -0.188. The smallest absolute Gasteiger partial charge is 0.460 e. The Labute approximate surface area is 162 Å². The third kappa shape index (κ3) is 4.39. The van der Waals surface area contributed by atoms with Crippen LogP contribution in [-0.2, 0) is 9.53 Å². The summed E-state index contributed by atoms with van der Waals surface area (Å²) in [4.78, 5) is 9.44. The maximum atomic E-state index is 13.7. The fourth-order valence-electron chi connectivity index (χ4n) is 1.68. The van der Waals surface area contributed by atoms with Crippen molar-refractivity contribution in [2.75, 3.05) is 20.2 Å². The van der Waals surface area contributed by atoms with Gasteiger partial charge in [-0.3, -0.25) is 0 Å². The van der Waals surface area contributed by atoms with Crippen LogP contribution in [0.4, 0.5) is 65.9 Å². The maximum Gasteiger partial charge on any atom is 0.460 e. The number of hydrogen-bond donors (Lipinski definition) is 0. The SMILES string of the molecule is C=CC(=O)OCCN(C)C(F)(F)C(F)(F)C(F)(F)C(F)(F)C(F)(F)C(F)(F)C(F)(F)F. The summed E-state index contributed by atoms with van der Waals surface area (Å²) >= 11 is 0. The van der Waals surface area contributed by atoms with E-state index in [-0.39, 0.29) is 7.05 Å². The summed E-state index contributed by atoms with van der Waals surface area (Å²) in [5.74, 6) is -41.8. The van der Waals surface area contributed by atoms with Crippen LogP contribution in [0.3, 0.4) is 0 Å². The van der Waals surface area contributed by atoms with Crippen LogP contribution in [0.2, 0.25) is 0 Å². The standard InChI is InChI=1S/C13H10F15NO2/c1-3-6(30)31-5-4-29(2)13(27,28)11(22,23)9(18,19)7(14,15)8(16,17)10(20,21)12(24,25)26/h3H,1,4-5H2,2H3. The normalized spacial score (nSPS) is 15.3. The van der Waals surface area contributed by atoms with Crippen molar-refractivity contribution >= 4 is 5.97 Å². The Bertz CT molecular complexity index is 670. The Morgan fingerprint density at radius 1 is 0.742 bits per heavy atom. The number of rotatable bonds is 10. The summed E-state index contributed by atoms with van der Waals surface area (Å²) in [6.45, 7) is -0.120. The van der Waals surface area contributed by atoms with Gasteiger partial charge in [0.25, 0.3) is 0 Å². The average molecular weight is 497 g/mol. The number of ether oxygens (including phenoxy) is 1. The van der Waals surface area contributed by atoms with Gasteiger partial charge < -0.3 is 4.74 Å². The molecule has 0 N–H and O–H groups in total. The molecule has 0 amide bonds. The monoisotopic (exact) mass is 497 g/mol. The zero-order valence-corrected chi connectivity index (χ0v) is 14.6. The van der Waals surface area contributed by atoms with Gasteiger partial charge in [0.2, 0.25) is 0 Å². The van der Waals surface area contributed by atoms with Crippen LogP contribution in [0.1, 0.15) is 0 Å². The van der Waals surface area contributed by atoms with Gasteiger partial charge in [0.05, 0.1) is 0 Å². The van der Waals surface area contributed by atoms with Crippen LogP contribution in [0, 0.1) is 0 Å². The first kappa shape index (κ1) is 29.1. The summed E-state index contributed by atoms with van der Waals surface area (Å²) < 4.78 is 199. The largest absolute Gasteiger partial charge is 0.461 e. The van der Waals surface area contributed by atoms with Crippen LogP contribution < -0.4 is 0 Å². The summed E-state index contributed by atoms with van der Waals surface area (Å²) in [6.07, 6.45) is -7.23. The molecule has 0 bridgehead atoms. The fraction of sp³-hybridized carbons (Fsp3) is 0.769. The third-order valence-electron chi connectivity index (χ3n) is 3.63. The number of carbonyl (C=O) groups excluding carboxylic acids is 1. The molecule has 18 heteroatoms. The molecule has 0 heterocycles. The van der Waals surface area contributed by atoms with E-state index in [0.29, 0.717) is 6.08 Å². The highest BCUT2D eigenvalue weighted by atomic mass is 19.4. The molecule has 0 aromatic heterocycles. The fourth-order valence-corrected chi connectivity index (χ4v) is 1.68. The van der Waals surface area contributed by atoms with E-state index in [1.54, 1.807) is 0 Å². The number of nitrogens with zero attached hydrogens (tertiary/aromatic N) is 1. The van der Waals surface area contributed by atoms with Gasteiger partial charge in [-0.2, -0.15) is 65.9 Å². The van der Waals surface area contributed by atoms with E-state index < -0.39 is 65.9 Å². The first-order chi connectivity index (χ1) is 13.4. The molecule has 0 aromatic rings. The predicted molar refractivity (Wildman–Crippen MR) is 69.5 cm³/mol. The van der Waals surface area contributed by atoms with Crippen LogP contribution >= 0.6 is 0 Å². The third-order valence-corrected chi connectivity index (χ3v) is 3.63. The molecule has 0 unspecified atom stereocenters. The highest BCUT2D eigenvalue weighted by Crippen LogP contribution is 2.62. The minimum absolute atomic E-state index is 0.188. The van der Waals surface area contributed by atoms with Gasteiger partial charge in [0.15, 0.2) is 0 Å². The molecule has 0 saturated heterocycles. The quantitative estimate of drug-likeness (QED) is 0.185. The van der Waals surface area contributed by atoms with E-state index in [4.69, 9.17) is 0 Å². The van der Waals surface area contributed by atoms with Gasteiger partial charge in [-0.05, 0) is 7.05 Å². The van der Waals surface area contributed by atoms with E-state index in [0.717, 1.165) is 0 Å². The second-order valence-corrected chi connectivity index (χ2v) is 5.70. The van der Waals surface area contributed by atoms with Gasteiger partial charge in [-0.25, -0.2) is 9.69 Å². The average Bonchev–Trinajstić information content (AvgIpc) is 2.59. The van der Waals surface area contributed by atoms with Crippen molar-refractivity contribution in [3.05, 3.63) is 12.7 Å². The topological polar surface area (TPSA) is 29.5 Å². The Kier molecular flexibility index (Phi) is 7.73. The molecule has 3 nitrogen and oxygen atoms in total. The van der Waals surface area contributed by atoms with E-state index in [9.17, 15) is 70.7 Å². The lowest BCUT2D eigenvalue weighted by atomic mass is 9.92. The molecule has 0 radical (unpaired) electrons. The molecular weight excluding hydrogens is 487 g/mol. The van der Waals surface area contributed by atoms with Crippen molar-refractivity contribution in [1.82, 2.24) is 4.90 Å². The molecule has 0 saturated carbocycles. The van der Waals surface area contributed by atoms with Crippen LogP contribution in [0.25, 0.3) is 0 Å². The number of halogens is 15. The molecule has 0 spiro atoms. The number of esters is 1. The molecule has 0 aliphatic heterocycles. The number of hydrogen-bond acceptors (Lipinski definition) is 3. The highest BCUT2D eigenvalue weighted by Gasteiger charge is 2.93. The molecule has 0 atom stereocenters. The molecule has 184 valence electrons. The number of likely N-dealkylation sites (N-methyl/N-ethyl adjacent to an activating group) is 1. The van der Waals surface area contributed by atoms with Gasteiger partial charge in [-0.15, -0.1) is 0 Å². The summed E-state index contributed by atoms with van der Waals surface area (Å²) in [5, 5.41) is 0. The lowest BCUT2D eigenvalue weighted by Crippen LogP contribution is -2.74. The van der Waals surface area contributed by atoms with Crippen molar-refractivity contribution in [2.24, 2.45) is 0 Å². The Morgan fingerprint density at radius 2 is 1.10 bits per heavy atom. The van der Waals surface area contributed by atoms with E-state index >= 15 is 0 Å². The number of carbonyl (C=O) groups is 1. The molecule has 31 heavy (non-hydrogen) atoms. The van der Waals surface area contributed by atoms with Crippen molar-refractivity contribution < 1.29 is 75.4 Å². The molecule has 0 aromatic carbocycles. The molecule has 0 rings (SSSR count). The van der Waals surface area contributed by atoms with E-state index in [2.05, 4.69) is 11.3 Å². The van der Waals surface area contributed by atoms with Crippen molar-refractivity contribution in [2.45, 2.75) is 41.8 Å². The van der Waals surface area contributed by atoms with Crippen molar-refractivity contribution in [3.8, 4) is 0 Å². The zero-order chi connectivity index (χ0) is 25.5. The molecular formula is C13H10F15NO2. The summed E-state index contributed by atoms with van der Waals surface area (Å²) in [6, 6.07) is -6.55. The van der Waals surface area contributed by atoms with Gasteiger partial charge in [-0.1, -0.05) is 6.58 Å². The van der Waals surface area contributed by atoms with Crippen LogP contribution in [-0.4, -0.2) is 72.9 Å².